The summed E-state index contributed by atoms with van der Waals surface area (Å²) in [7, 11) is 0. The second-order valence-electron chi connectivity index (χ2n) is 13.6. The van der Waals surface area contributed by atoms with Gasteiger partial charge >= 0.3 is 5.97 Å². The summed E-state index contributed by atoms with van der Waals surface area (Å²) in [6.45, 7) is 9.14. The van der Waals surface area contributed by atoms with Crippen molar-refractivity contribution < 1.29 is 14.5 Å². The standard InChI is InChI=1S/C32H44N2O4/c1-21(35)38-30-23(18-22-6-9-25(10-7-22)34(36)37)19-29-27-11-8-24-20-26(33-16-4-5-17-33)12-14-31(24,2)28(27)13-15-32(29,30)3/h6-7,9-10,18,24,26-30H,4-5,8,11-17,19-20H2,1-3H3/b23-18+/t24-,26-,27+,28-,29-,30-,31-,32-/m0/s1. The minimum atomic E-state index is -0.362. The Morgan fingerprint density at radius 1 is 1.03 bits per heavy atom. The lowest BCUT2D eigenvalue weighted by atomic mass is 9.45. The molecule has 1 saturated heterocycles. The molecule has 1 aliphatic heterocycles. The predicted octanol–water partition coefficient (Wildman–Crippen LogP) is 7.03. The minimum Gasteiger partial charge on any atom is -0.457 e. The zero-order valence-electron chi connectivity index (χ0n) is 23.4. The van der Waals surface area contributed by atoms with E-state index >= 15 is 0 Å². The molecule has 0 amide bonds. The molecule has 5 aliphatic rings. The zero-order valence-corrected chi connectivity index (χ0v) is 23.4. The highest BCUT2D eigenvalue weighted by Crippen LogP contribution is 2.67. The smallest absolute Gasteiger partial charge is 0.303 e. The van der Waals surface area contributed by atoms with E-state index in [2.05, 4.69) is 24.8 Å². The van der Waals surface area contributed by atoms with Crippen LogP contribution in [0.2, 0.25) is 0 Å². The Morgan fingerprint density at radius 2 is 1.74 bits per heavy atom. The van der Waals surface area contributed by atoms with Gasteiger partial charge in [0.25, 0.3) is 5.69 Å². The number of hydrogen-bond donors (Lipinski definition) is 0. The van der Waals surface area contributed by atoms with Crippen LogP contribution in [0.25, 0.3) is 6.08 Å². The molecule has 6 heteroatoms. The van der Waals surface area contributed by atoms with Gasteiger partial charge in [0.05, 0.1) is 4.92 Å². The first-order chi connectivity index (χ1) is 18.2. The SMILES string of the molecule is CC(=O)O[C@H]1/C(=C/c2ccc([N+](=O)[O-])cc2)C[C@H]2[C@@H]3CC[C@H]4C[C@@H](N5CCCC5)CC[C@]4(C)[C@H]3CC[C@]12C. The summed E-state index contributed by atoms with van der Waals surface area (Å²) >= 11 is 0. The number of hydrogen-bond acceptors (Lipinski definition) is 5. The van der Waals surface area contributed by atoms with E-state index in [9.17, 15) is 14.9 Å². The third kappa shape index (κ3) is 4.31. The van der Waals surface area contributed by atoms with E-state index in [1.807, 2.05) is 12.1 Å². The van der Waals surface area contributed by atoms with Gasteiger partial charge in [-0.15, -0.1) is 0 Å². The van der Waals surface area contributed by atoms with Crippen molar-refractivity contribution in [3.63, 3.8) is 0 Å². The first-order valence-electron chi connectivity index (χ1n) is 15.1. The molecule has 6 nitrogen and oxygen atoms in total. The maximum Gasteiger partial charge on any atom is 0.303 e. The summed E-state index contributed by atoms with van der Waals surface area (Å²) in [5, 5.41) is 11.1. The summed E-state index contributed by atoms with van der Waals surface area (Å²) < 4.78 is 6.09. The number of nitro groups is 1. The Labute approximate surface area is 227 Å². The number of benzene rings is 1. The van der Waals surface area contributed by atoms with Crippen LogP contribution < -0.4 is 0 Å². The molecule has 0 radical (unpaired) electrons. The van der Waals surface area contributed by atoms with Gasteiger partial charge in [-0.2, -0.15) is 0 Å². The first-order valence-corrected chi connectivity index (χ1v) is 15.1. The van der Waals surface area contributed by atoms with Gasteiger partial charge in [0.15, 0.2) is 0 Å². The quantitative estimate of drug-likeness (QED) is 0.242. The number of ether oxygens (including phenoxy) is 1. The largest absolute Gasteiger partial charge is 0.457 e. The second-order valence-corrected chi connectivity index (χ2v) is 13.6. The Kier molecular flexibility index (Phi) is 6.69. The fourth-order valence-corrected chi connectivity index (χ4v) is 9.93. The monoisotopic (exact) mass is 520 g/mol. The molecule has 0 bridgehead atoms. The highest BCUT2D eigenvalue weighted by atomic mass is 16.6. The molecule has 1 aromatic rings. The highest BCUT2D eigenvalue weighted by molar-refractivity contribution is 5.67. The molecule has 8 atom stereocenters. The lowest BCUT2D eigenvalue weighted by molar-refractivity contribution is -0.384. The fraction of sp³-hybridized carbons (Fsp3) is 0.719. The van der Waals surface area contributed by atoms with Crippen LogP contribution in [0.5, 0.6) is 0 Å². The van der Waals surface area contributed by atoms with Crippen molar-refractivity contribution in [1.82, 2.24) is 4.90 Å². The van der Waals surface area contributed by atoms with Crippen LogP contribution >= 0.6 is 0 Å². The van der Waals surface area contributed by atoms with Gasteiger partial charge in [0, 0.05) is 30.5 Å². The number of fused-ring (bicyclic) bond motifs is 5. The summed E-state index contributed by atoms with van der Waals surface area (Å²) in [6.07, 6.45) is 14.7. The van der Waals surface area contributed by atoms with Crippen LogP contribution in [0.1, 0.15) is 90.5 Å². The Bertz CT molecular complexity index is 1110. The predicted molar refractivity (Wildman–Crippen MR) is 148 cm³/mol. The Hall–Kier alpha value is -2.21. The molecule has 38 heavy (non-hydrogen) atoms. The molecule has 0 N–H and O–H groups in total. The molecule has 4 saturated carbocycles. The van der Waals surface area contributed by atoms with E-state index in [-0.39, 0.29) is 28.1 Å². The number of carbonyl (C=O) groups excluding carboxylic acids is 1. The number of non-ortho nitro benzene ring substituents is 1. The average Bonchev–Trinajstić information content (AvgIpc) is 3.51. The maximum absolute atomic E-state index is 12.3. The van der Waals surface area contributed by atoms with Crippen molar-refractivity contribution in [1.29, 1.82) is 0 Å². The average molecular weight is 521 g/mol. The molecular formula is C32H44N2O4. The lowest BCUT2D eigenvalue weighted by Gasteiger charge is -2.61. The van der Waals surface area contributed by atoms with Crippen molar-refractivity contribution in [3.05, 3.63) is 45.5 Å². The Balaban J connectivity index is 1.26. The Morgan fingerprint density at radius 3 is 2.42 bits per heavy atom. The second kappa shape index (κ2) is 9.76. The van der Waals surface area contributed by atoms with Crippen molar-refractivity contribution in [2.24, 2.45) is 34.5 Å². The van der Waals surface area contributed by atoms with Gasteiger partial charge in [-0.25, -0.2) is 0 Å². The van der Waals surface area contributed by atoms with Gasteiger partial charge < -0.3 is 9.64 Å². The van der Waals surface area contributed by atoms with Crippen molar-refractivity contribution >= 4 is 17.7 Å². The molecule has 5 fully saturated rings. The highest BCUT2D eigenvalue weighted by Gasteiger charge is 2.62. The van der Waals surface area contributed by atoms with Crippen molar-refractivity contribution in [3.8, 4) is 0 Å². The van der Waals surface area contributed by atoms with E-state index < -0.39 is 0 Å². The van der Waals surface area contributed by atoms with Crippen LogP contribution in [0.3, 0.4) is 0 Å². The third-order valence-electron chi connectivity index (χ3n) is 11.9. The topological polar surface area (TPSA) is 72.7 Å². The van der Waals surface area contributed by atoms with Gasteiger partial charge in [-0.1, -0.05) is 19.9 Å². The fourth-order valence-electron chi connectivity index (χ4n) is 9.93. The van der Waals surface area contributed by atoms with Gasteiger partial charge in [-0.05, 0) is 130 Å². The summed E-state index contributed by atoms with van der Waals surface area (Å²) in [5.74, 6) is 2.58. The number of nitrogens with zero attached hydrogens (tertiary/aromatic N) is 2. The normalized spacial score (nSPS) is 41.8. The molecular weight excluding hydrogens is 476 g/mol. The summed E-state index contributed by atoms with van der Waals surface area (Å²) in [5.41, 5.74) is 2.62. The van der Waals surface area contributed by atoms with Gasteiger partial charge in [0.2, 0.25) is 0 Å². The van der Waals surface area contributed by atoms with E-state index in [4.69, 9.17) is 4.74 Å². The van der Waals surface area contributed by atoms with E-state index in [0.29, 0.717) is 17.3 Å². The first kappa shape index (κ1) is 26.0. The molecule has 1 heterocycles. The summed E-state index contributed by atoms with van der Waals surface area (Å²) in [4.78, 5) is 25.8. The van der Waals surface area contributed by atoms with Crippen molar-refractivity contribution in [2.45, 2.75) is 97.1 Å². The molecule has 6 rings (SSSR count). The van der Waals surface area contributed by atoms with Crippen LogP contribution in [-0.4, -0.2) is 41.0 Å². The molecule has 0 aromatic heterocycles. The molecule has 206 valence electrons. The van der Waals surface area contributed by atoms with Crippen LogP contribution in [0.15, 0.2) is 29.8 Å². The van der Waals surface area contributed by atoms with E-state index in [1.165, 1.54) is 77.0 Å². The lowest BCUT2D eigenvalue weighted by Crippen LogP contribution is -2.55. The van der Waals surface area contributed by atoms with Crippen LogP contribution in [0, 0.1) is 44.6 Å². The van der Waals surface area contributed by atoms with Gasteiger partial charge in [-0.3, -0.25) is 14.9 Å². The zero-order chi connectivity index (χ0) is 26.7. The molecule has 0 unspecified atom stereocenters. The maximum atomic E-state index is 12.3. The third-order valence-corrected chi connectivity index (χ3v) is 11.9. The molecule has 0 spiro atoms. The number of esters is 1. The number of nitro benzene ring substituents is 1. The van der Waals surface area contributed by atoms with Crippen molar-refractivity contribution in [2.75, 3.05) is 13.1 Å². The van der Waals surface area contributed by atoms with Crippen LogP contribution in [-0.2, 0) is 9.53 Å². The molecule has 4 aliphatic carbocycles. The molecule has 1 aromatic carbocycles. The van der Waals surface area contributed by atoms with E-state index in [0.717, 1.165) is 36.3 Å². The minimum absolute atomic E-state index is 0.0462. The number of likely N-dealkylation sites (tertiary alicyclic amines) is 1. The van der Waals surface area contributed by atoms with E-state index in [1.54, 1.807) is 12.1 Å². The van der Waals surface area contributed by atoms with Gasteiger partial charge in [0.1, 0.15) is 6.10 Å². The number of carbonyl (C=O) groups is 1. The van der Waals surface area contributed by atoms with Crippen LogP contribution in [0.4, 0.5) is 5.69 Å². The number of rotatable bonds is 4. The summed E-state index contributed by atoms with van der Waals surface area (Å²) in [6, 6.07) is 7.56.